The first-order chi connectivity index (χ1) is 14.0. The summed E-state index contributed by atoms with van der Waals surface area (Å²) in [5, 5.41) is 5.63. The number of sulfonamides is 1. The Morgan fingerprint density at radius 3 is 2.27 bits per heavy atom. The molecule has 1 fully saturated rings. The predicted molar refractivity (Wildman–Crippen MR) is 118 cm³/mol. The van der Waals surface area contributed by atoms with Crippen LogP contribution in [0.4, 0.5) is 17.1 Å². The summed E-state index contributed by atoms with van der Waals surface area (Å²) in [4.78, 5) is 26.2. The number of likely N-dealkylation sites (tertiary alicyclic amines) is 1. The number of amides is 2. The zero-order valence-electron chi connectivity index (χ0n) is 17.2. The molecule has 0 aromatic heterocycles. The van der Waals surface area contributed by atoms with Crippen molar-refractivity contribution in [3.63, 3.8) is 0 Å². The van der Waals surface area contributed by atoms with Gasteiger partial charge in [0.2, 0.25) is 21.8 Å². The Labute approximate surface area is 176 Å². The molecule has 2 aromatic rings. The van der Waals surface area contributed by atoms with Gasteiger partial charge in [0.25, 0.3) is 0 Å². The van der Waals surface area contributed by atoms with Crippen LogP contribution in [0.25, 0.3) is 0 Å². The second kappa shape index (κ2) is 8.45. The van der Waals surface area contributed by atoms with E-state index in [1.54, 1.807) is 24.3 Å². The normalized spacial score (nSPS) is 18.9. The number of nitrogens with one attached hydrogen (secondary N) is 3. The Morgan fingerprint density at radius 2 is 1.70 bits per heavy atom. The lowest BCUT2D eigenvalue weighted by Gasteiger charge is -2.49. The lowest BCUT2D eigenvalue weighted by atomic mass is 9.85. The minimum absolute atomic E-state index is 0.120. The van der Waals surface area contributed by atoms with Crippen molar-refractivity contribution in [2.75, 3.05) is 28.2 Å². The second-order valence-corrected chi connectivity index (χ2v) is 9.48. The largest absolute Gasteiger partial charge is 0.326 e. The molecule has 2 amide bonds. The molecule has 3 N–H and O–H groups in total. The van der Waals surface area contributed by atoms with Crippen LogP contribution in [0, 0.1) is 0 Å². The van der Waals surface area contributed by atoms with Gasteiger partial charge in [-0.15, -0.1) is 0 Å². The van der Waals surface area contributed by atoms with Gasteiger partial charge >= 0.3 is 0 Å². The van der Waals surface area contributed by atoms with E-state index in [9.17, 15) is 18.0 Å². The van der Waals surface area contributed by atoms with Gasteiger partial charge in [0.1, 0.15) is 0 Å². The molecule has 0 radical (unpaired) electrons. The molecule has 1 aliphatic heterocycles. The van der Waals surface area contributed by atoms with Gasteiger partial charge in [0, 0.05) is 31.4 Å². The second-order valence-electron chi connectivity index (χ2n) is 7.73. The summed E-state index contributed by atoms with van der Waals surface area (Å²) < 4.78 is 25.2. The van der Waals surface area contributed by atoms with E-state index < -0.39 is 15.6 Å². The lowest BCUT2D eigenvalue weighted by molar-refractivity contribution is -0.136. The zero-order valence-corrected chi connectivity index (χ0v) is 18.0. The molecule has 1 atom stereocenters. The molecule has 0 spiro atoms. The minimum Gasteiger partial charge on any atom is -0.326 e. The summed E-state index contributed by atoms with van der Waals surface area (Å²) >= 11 is 0. The van der Waals surface area contributed by atoms with Crippen molar-refractivity contribution in [3.8, 4) is 0 Å². The van der Waals surface area contributed by atoms with Crippen LogP contribution in [0.2, 0.25) is 0 Å². The van der Waals surface area contributed by atoms with Crippen molar-refractivity contribution in [2.45, 2.75) is 32.4 Å². The summed E-state index contributed by atoms with van der Waals surface area (Å²) in [5.74, 6) is -0.259. The first-order valence-corrected chi connectivity index (χ1v) is 11.5. The van der Waals surface area contributed by atoms with Crippen LogP contribution in [0.3, 0.4) is 0 Å². The number of nitrogens with zero attached hydrogens (tertiary/aromatic N) is 1. The van der Waals surface area contributed by atoms with Gasteiger partial charge < -0.3 is 10.6 Å². The van der Waals surface area contributed by atoms with Crippen LogP contribution in [0.15, 0.2) is 48.5 Å². The first kappa shape index (κ1) is 21.8. The molecule has 1 heterocycles. The van der Waals surface area contributed by atoms with Crippen LogP contribution in [0.1, 0.15) is 25.8 Å². The summed E-state index contributed by atoms with van der Waals surface area (Å²) in [6, 6.07) is 14.2. The third-order valence-electron chi connectivity index (χ3n) is 5.13. The molecule has 8 nitrogen and oxygen atoms in total. The third kappa shape index (κ3) is 5.37. The van der Waals surface area contributed by atoms with Crippen molar-refractivity contribution in [1.82, 2.24) is 4.90 Å². The summed E-state index contributed by atoms with van der Waals surface area (Å²) in [6.07, 6.45) is 1.80. The van der Waals surface area contributed by atoms with Crippen LogP contribution in [0.5, 0.6) is 0 Å². The molecule has 160 valence electrons. The summed E-state index contributed by atoms with van der Waals surface area (Å²) in [6.45, 7) is 4.77. The zero-order chi connectivity index (χ0) is 21.9. The molecule has 2 aromatic carbocycles. The van der Waals surface area contributed by atoms with Crippen molar-refractivity contribution in [1.29, 1.82) is 0 Å². The average Bonchev–Trinajstić information content (AvgIpc) is 2.64. The molecule has 1 unspecified atom stereocenters. The molecule has 1 aliphatic rings. The van der Waals surface area contributed by atoms with Gasteiger partial charge in [-0.05, 0) is 49.2 Å². The first-order valence-electron chi connectivity index (χ1n) is 9.56. The SMILES string of the molecule is CC(=O)Nc1ccc(CN2CCC2(C)C(=O)Nc2cccc(NS(C)(=O)=O)c2)cc1. The van der Waals surface area contributed by atoms with Gasteiger partial charge in [0.05, 0.1) is 17.5 Å². The fraction of sp³-hybridized carbons (Fsp3) is 0.333. The Hall–Kier alpha value is -2.91. The van der Waals surface area contributed by atoms with Gasteiger partial charge in [0.15, 0.2) is 0 Å². The standard InChI is InChI=1S/C21H26N4O4S/c1-15(26)22-17-9-7-16(8-10-17)14-25-12-11-21(25,2)20(27)23-18-5-4-6-19(13-18)24-30(3,28)29/h4-10,13,24H,11-12,14H2,1-3H3,(H,22,26)(H,23,27). The van der Waals surface area contributed by atoms with E-state index in [4.69, 9.17) is 0 Å². The van der Waals surface area contributed by atoms with Crippen LogP contribution < -0.4 is 15.4 Å². The Kier molecular flexibility index (Phi) is 6.14. The number of anilines is 3. The van der Waals surface area contributed by atoms with E-state index >= 15 is 0 Å². The number of hydrogen-bond donors (Lipinski definition) is 3. The van der Waals surface area contributed by atoms with Crippen LogP contribution in [-0.4, -0.2) is 43.5 Å². The van der Waals surface area contributed by atoms with Crippen LogP contribution in [-0.2, 0) is 26.2 Å². The quantitative estimate of drug-likeness (QED) is 0.626. The molecule has 1 saturated heterocycles. The van der Waals surface area contributed by atoms with Crippen molar-refractivity contribution in [2.24, 2.45) is 0 Å². The van der Waals surface area contributed by atoms with Crippen molar-refractivity contribution < 1.29 is 18.0 Å². The smallest absolute Gasteiger partial charge is 0.244 e. The van der Waals surface area contributed by atoms with E-state index in [0.717, 1.165) is 30.5 Å². The maximum absolute atomic E-state index is 13.0. The number of carbonyl (C=O) groups is 2. The van der Waals surface area contributed by atoms with E-state index in [2.05, 4.69) is 20.3 Å². The highest BCUT2D eigenvalue weighted by molar-refractivity contribution is 7.92. The predicted octanol–water partition coefficient (Wildman–Crippen LogP) is 2.62. The lowest BCUT2D eigenvalue weighted by Crippen LogP contribution is -2.63. The third-order valence-corrected chi connectivity index (χ3v) is 5.73. The minimum atomic E-state index is -3.39. The monoisotopic (exact) mass is 430 g/mol. The maximum atomic E-state index is 13.0. The van der Waals surface area contributed by atoms with E-state index in [1.165, 1.54) is 6.92 Å². The van der Waals surface area contributed by atoms with Gasteiger partial charge in [-0.3, -0.25) is 19.2 Å². The fourth-order valence-electron chi connectivity index (χ4n) is 3.37. The molecular formula is C21H26N4O4S. The molecule has 9 heteroatoms. The molecule has 0 saturated carbocycles. The molecule has 30 heavy (non-hydrogen) atoms. The number of benzene rings is 2. The maximum Gasteiger partial charge on any atom is 0.244 e. The molecule has 0 bridgehead atoms. The van der Waals surface area contributed by atoms with E-state index in [0.29, 0.717) is 17.9 Å². The number of hydrogen-bond acceptors (Lipinski definition) is 5. The van der Waals surface area contributed by atoms with Gasteiger partial charge in [-0.2, -0.15) is 0 Å². The highest BCUT2D eigenvalue weighted by atomic mass is 32.2. The highest BCUT2D eigenvalue weighted by Gasteiger charge is 2.46. The highest BCUT2D eigenvalue weighted by Crippen LogP contribution is 2.33. The number of rotatable bonds is 7. The van der Waals surface area contributed by atoms with E-state index in [-0.39, 0.29) is 11.8 Å². The molecular weight excluding hydrogens is 404 g/mol. The average molecular weight is 431 g/mol. The molecule has 0 aliphatic carbocycles. The molecule has 3 rings (SSSR count). The Bertz CT molecular complexity index is 1050. The summed E-state index contributed by atoms with van der Waals surface area (Å²) in [7, 11) is -3.39. The van der Waals surface area contributed by atoms with Crippen molar-refractivity contribution in [3.05, 3.63) is 54.1 Å². The topological polar surface area (TPSA) is 108 Å². The van der Waals surface area contributed by atoms with Gasteiger partial charge in [-0.1, -0.05) is 18.2 Å². The van der Waals surface area contributed by atoms with Crippen molar-refractivity contribution >= 4 is 38.9 Å². The fourth-order valence-corrected chi connectivity index (χ4v) is 3.93. The van der Waals surface area contributed by atoms with E-state index in [1.807, 2.05) is 31.2 Å². The Morgan fingerprint density at radius 1 is 1.03 bits per heavy atom. The summed E-state index contributed by atoms with van der Waals surface area (Å²) in [5.41, 5.74) is 2.04. The Balaban J connectivity index is 1.64. The van der Waals surface area contributed by atoms with Gasteiger partial charge in [-0.25, -0.2) is 8.42 Å². The number of carbonyl (C=O) groups excluding carboxylic acids is 2. The van der Waals surface area contributed by atoms with Crippen LogP contribution >= 0.6 is 0 Å².